The SMILES string of the molecule is CCNc1nc(NCC(C)CCO)nc(OCC)n1. The van der Waals surface area contributed by atoms with E-state index >= 15 is 0 Å². The van der Waals surface area contributed by atoms with Crippen molar-refractivity contribution in [3.63, 3.8) is 0 Å². The number of aromatic nitrogens is 3. The molecule has 0 aliphatic heterocycles. The molecule has 0 saturated heterocycles. The Morgan fingerprint density at radius 1 is 1.16 bits per heavy atom. The Hall–Kier alpha value is -1.63. The monoisotopic (exact) mass is 269 g/mol. The van der Waals surface area contributed by atoms with Crippen LogP contribution in [0, 0.1) is 5.92 Å². The van der Waals surface area contributed by atoms with Crippen molar-refractivity contribution < 1.29 is 9.84 Å². The molecule has 3 N–H and O–H groups in total. The molecule has 1 atom stereocenters. The van der Waals surface area contributed by atoms with E-state index in [1.165, 1.54) is 0 Å². The van der Waals surface area contributed by atoms with Gasteiger partial charge < -0.3 is 20.5 Å². The summed E-state index contributed by atoms with van der Waals surface area (Å²) in [4.78, 5) is 12.6. The Kier molecular flexibility index (Phi) is 6.88. The van der Waals surface area contributed by atoms with Crippen molar-refractivity contribution >= 4 is 11.9 Å². The highest BCUT2D eigenvalue weighted by atomic mass is 16.5. The fourth-order valence-electron chi connectivity index (χ4n) is 1.45. The average molecular weight is 269 g/mol. The lowest BCUT2D eigenvalue weighted by Crippen LogP contribution is -2.16. The van der Waals surface area contributed by atoms with E-state index < -0.39 is 0 Å². The number of nitrogens with one attached hydrogen (secondary N) is 2. The maximum atomic E-state index is 8.86. The molecule has 0 saturated carbocycles. The molecule has 7 heteroatoms. The van der Waals surface area contributed by atoms with Gasteiger partial charge >= 0.3 is 6.01 Å². The third-order valence-electron chi connectivity index (χ3n) is 2.45. The second-order valence-corrected chi connectivity index (χ2v) is 4.23. The van der Waals surface area contributed by atoms with E-state index in [4.69, 9.17) is 9.84 Å². The van der Waals surface area contributed by atoms with Gasteiger partial charge in [0.05, 0.1) is 6.61 Å². The fourth-order valence-corrected chi connectivity index (χ4v) is 1.45. The maximum absolute atomic E-state index is 8.86. The summed E-state index contributed by atoms with van der Waals surface area (Å²) in [5.74, 6) is 1.33. The summed E-state index contributed by atoms with van der Waals surface area (Å²) in [6.45, 7) is 8.03. The summed E-state index contributed by atoms with van der Waals surface area (Å²) in [6.07, 6.45) is 0.746. The van der Waals surface area contributed by atoms with E-state index in [9.17, 15) is 0 Å². The van der Waals surface area contributed by atoms with Crippen LogP contribution in [-0.4, -0.2) is 46.4 Å². The first kappa shape index (κ1) is 15.4. The number of hydrogen-bond acceptors (Lipinski definition) is 7. The predicted octanol–water partition coefficient (Wildman–Crippen LogP) is 1.13. The van der Waals surface area contributed by atoms with Crippen LogP contribution in [0.15, 0.2) is 0 Å². The summed E-state index contributed by atoms with van der Waals surface area (Å²) >= 11 is 0. The standard InChI is InChI=1S/C12H23N5O2/c1-4-13-10-15-11(14-8-9(3)6-7-18)17-12(16-10)19-5-2/h9,18H,4-8H2,1-3H3,(H2,13,14,15,16,17). The molecule has 0 amide bonds. The van der Waals surface area contributed by atoms with Gasteiger partial charge in [-0.05, 0) is 26.2 Å². The zero-order valence-electron chi connectivity index (χ0n) is 11.8. The van der Waals surface area contributed by atoms with Crippen LogP contribution in [0.1, 0.15) is 27.2 Å². The molecule has 108 valence electrons. The van der Waals surface area contributed by atoms with Crippen LogP contribution in [0.25, 0.3) is 0 Å². The third-order valence-corrected chi connectivity index (χ3v) is 2.45. The molecule has 19 heavy (non-hydrogen) atoms. The Morgan fingerprint density at radius 2 is 1.84 bits per heavy atom. The van der Waals surface area contributed by atoms with Gasteiger partial charge in [0.15, 0.2) is 0 Å². The predicted molar refractivity (Wildman–Crippen MR) is 74.5 cm³/mol. The molecule has 0 aliphatic carbocycles. The summed E-state index contributed by atoms with van der Waals surface area (Å²) in [6, 6.07) is 0.311. The number of nitrogens with zero attached hydrogens (tertiary/aromatic N) is 3. The number of ether oxygens (including phenoxy) is 1. The van der Waals surface area contributed by atoms with E-state index in [2.05, 4.69) is 32.5 Å². The molecule has 0 spiro atoms. The Labute approximate surface area is 113 Å². The van der Waals surface area contributed by atoms with E-state index in [0.717, 1.165) is 13.0 Å². The lowest BCUT2D eigenvalue weighted by Gasteiger charge is -2.12. The van der Waals surface area contributed by atoms with E-state index in [1.807, 2.05) is 13.8 Å². The van der Waals surface area contributed by atoms with Gasteiger partial charge in [-0.25, -0.2) is 0 Å². The van der Waals surface area contributed by atoms with Crippen molar-refractivity contribution in [2.24, 2.45) is 5.92 Å². The third kappa shape index (κ3) is 5.69. The van der Waals surface area contributed by atoms with Crippen molar-refractivity contribution in [1.82, 2.24) is 15.0 Å². The number of hydrogen-bond donors (Lipinski definition) is 3. The van der Waals surface area contributed by atoms with E-state index in [-0.39, 0.29) is 6.61 Å². The Bertz CT molecular complexity index is 351. The maximum Gasteiger partial charge on any atom is 0.323 e. The molecule has 0 fully saturated rings. The Morgan fingerprint density at radius 3 is 2.42 bits per heavy atom. The topological polar surface area (TPSA) is 92.2 Å². The zero-order valence-corrected chi connectivity index (χ0v) is 11.8. The lowest BCUT2D eigenvalue weighted by molar-refractivity contribution is 0.265. The lowest BCUT2D eigenvalue weighted by atomic mass is 10.1. The highest BCUT2D eigenvalue weighted by Gasteiger charge is 2.08. The molecular weight excluding hydrogens is 246 g/mol. The molecule has 0 radical (unpaired) electrons. The van der Waals surface area contributed by atoms with Crippen molar-refractivity contribution in [1.29, 1.82) is 0 Å². The van der Waals surface area contributed by atoms with Gasteiger partial charge in [-0.3, -0.25) is 0 Å². The summed E-state index contributed by atoms with van der Waals surface area (Å²) in [5, 5.41) is 15.0. The number of aliphatic hydroxyl groups is 1. The second kappa shape index (κ2) is 8.47. The van der Waals surface area contributed by atoms with Gasteiger partial charge in [-0.1, -0.05) is 6.92 Å². The Balaban J connectivity index is 2.69. The molecule has 1 rings (SSSR count). The van der Waals surface area contributed by atoms with Crippen LogP contribution < -0.4 is 15.4 Å². The van der Waals surface area contributed by atoms with Crippen LogP contribution in [0.3, 0.4) is 0 Å². The van der Waals surface area contributed by atoms with E-state index in [1.54, 1.807) is 0 Å². The van der Waals surface area contributed by atoms with Gasteiger partial charge in [0.25, 0.3) is 0 Å². The molecule has 0 aromatic carbocycles. The molecule has 1 heterocycles. The summed E-state index contributed by atoms with van der Waals surface area (Å²) < 4.78 is 5.31. The minimum Gasteiger partial charge on any atom is -0.464 e. The summed E-state index contributed by atoms with van der Waals surface area (Å²) in [5.41, 5.74) is 0. The number of aliphatic hydroxyl groups excluding tert-OH is 1. The molecule has 7 nitrogen and oxygen atoms in total. The average Bonchev–Trinajstić information content (AvgIpc) is 2.37. The van der Waals surface area contributed by atoms with Crippen molar-refractivity contribution in [3.8, 4) is 6.01 Å². The second-order valence-electron chi connectivity index (χ2n) is 4.23. The molecule has 0 aliphatic rings. The first-order chi connectivity index (χ1) is 9.19. The normalized spacial score (nSPS) is 12.0. The molecule has 0 bridgehead atoms. The van der Waals surface area contributed by atoms with Gasteiger partial charge in [-0.2, -0.15) is 15.0 Å². The number of anilines is 2. The fraction of sp³-hybridized carbons (Fsp3) is 0.750. The van der Waals surface area contributed by atoms with Crippen LogP contribution >= 0.6 is 0 Å². The highest BCUT2D eigenvalue weighted by molar-refractivity contribution is 5.35. The van der Waals surface area contributed by atoms with Gasteiger partial charge in [-0.15, -0.1) is 0 Å². The first-order valence-corrected chi connectivity index (χ1v) is 6.67. The van der Waals surface area contributed by atoms with Crippen LogP contribution in [-0.2, 0) is 0 Å². The van der Waals surface area contributed by atoms with Crippen LogP contribution in [0.2, 0.25) is 0 Å². The molecule has 1 aromatic rings. The van der Waals surface area contributed by atoms with Crippen molar-refractivity contribution in [2.45, 2.75) is 27.2 Å². The minimum atomic E-state index is 0.187. The smallest absolute Gasteiger partial charge is 0.323 e. The van der Waals surface area contributed by atoms with Gasteiger partial charge in [0.1, 0.15) is 0 Å². The molecular formula is C12H23N5O2. The quantitative estimate of drug-likeness (QED) is 0.619. The minimum absolute atomic E-state index is 0.187. The van der Waals surface area contributed by atoms with Crippen molar-refractivity contribution in [3.05, 3.63) is 0 Å². The van der Waals surface area contributed by atoms with Crippen molar-refractivity contribution in [2.75, 3.05) is 36.9 Å². The van der Waals surface area contributed by atoms with Crippen LogP contribution in [0.5, 0.6) is 6.01 Å². The van der Waals surface area contributed by atoms with Crippen LogP contribution in [0.4, 0.5) is 11.9 Å². The summed E-state index contributed by atoms with van der Waals surface area (Å²) in [7, 11) is 0. The molecule has 1 aromatic heterocycles. The van der Waals surface area contributed by atoms with Gasteiger partial charge in [0, 0.05) is 19.7 Å². The number of rotatable bonds is 9. The highest BCUT2D eigenvalue weighted by Crippen LogP contribution is 2.12. The van der Waals surface area contributed by atoms with E-state index in [0.29, 0.717) is 37.0 Å². The first-order valence-electron chi connectivity index (χ1n) is 6.67. The largest absolute Gasteiger partial charge is 0.464 e. The van der Waals surface area contributed by atoms with Gasteiger partial charge in [0.2, 0.25) is 11.9 Å². The molecule has 1 unspecified atom stereocenters. The zero-order chi connectivity index (χ0) is 14.1.